The van der Waals surface area contributed by atoms with Gasteiger partial charge in [-0.1, -0.05) is 23.4 Å². The predicted octanol–water partition coefficient (Wildman–Crippen LogP) is 0.0998. The molecule has 0 aliphatic carbocycles. The van der Waals surface area contributed by atoms with Crippen LogP contribution in [0, 0.1) is 0 Å². The van der Waals surface area contributed by atoms with Gasteiger partial charge in [0.2, 0.25) is 5.91 Å². The molecule has 2 amide bonds. The highest BCUT2D eigenvalue weighted by Gasteiger charge is 2.23. The molecule has 1 aliphatic rings. The van der Waals surface area contributed by atoms with Crippen molar-refractivity contribution >= 4 is 11.8 Å². The summed E-state index contributed by atoms with van der Waals surface area (Å²) in [6.07, 6.45) is 2.14. The number of hydrogen-bond donors (Lipinski definition) is 1. The Balaban J connectivity index is 1.51. The number of amides is 2. The summed E-state index contributed by atoms with van der Waals surface area (Å²) in [7, 11) is 3.32. The van der Waals surface area contributed by atoms with Gasteiger partial charge in [0.15, 0.2) is 5.69 Å². The number of nitrogens with zero attached hydrogens (tertiary/aromatic N) is 4. The summed E-state index contributed by atoms with van der Waals surface area (Å²) in [4.78, 5) is 25.2. The zero-order valence-electron chi connectivity index (χ0n) is 13.6. The van der Waals surface area contributed by atoms with Crippen LogP contribution in [-0.4, -0.2) is 58.5 Å². The molecule has 8 heteroatoms. The second kappa shape index (κ2) is 6.69. The number of ether oxygens (including phenoxy) is 1. The number of rotatable bonds is 5. The summed E-state index contributed by atoms with van der Waals surface area (Å²) >= 11 is 0. The average Bonchev–Trinajstić information content (AvgIpc) is 3.18. The Morgan fingerprint density at radius 1 is 1.38 bits per heavy atom. The molecule has 8 nitrogen and oxygen atoms in total. The van der Waals surface area contributed by atoms with E-state index in [4.69, 9.17) is 4.74 Å². The van der Waals surface area contributed by atoms with Crippen molar-refractivity contribution in [3.05, 3.63) is 41.7 Å². The lowest BCUT2D eigenvalue weighted by Crippen LogP contribution is -2.34. The van der Waals surface area contributed by atoms with Gasteiger partial charge in [-0.2, -0.15) is 0 Å². The Kier molecular flexibility index (Phi) is 4.45. The van der Waals surface area contributed by atoms with Crippen molar-refractivity contribution in [3.8, 4) is 5.75 Å². The fourth-order valence-electron chi connectivity index (χ4n) is 2.42. The van der Waals surface area contributed by atoms with Gasteiger partial charge in [-0.15, -0.1) is 5.10 Å². The van der Waals surface area contributed by atoms with Crippen molar-refractivity contribution < 1.29 is 14.3 Å². The Bertz CT molecular complexity index is 731. The van der Waals surface area contributed by atoms with Crippen LogP contribution in [-0.2, 0) is 17.8 Å². The number of carbonyl (C=O) groups excluding carboxylic acids is 2. The molecule has 1 atom stereocenters. The lowest BCUT2D eigenvalue weighted by atomic mass is 10.1. The van der Waals surface area contributed by atoms with Gasteiger partial charge < -0.3 is 15.0 Å². The zero-order valence-corrected chi connectivity index (χ0v) is 13.6. The van der Waals surface area contributed by atoms with Crippen LogP contribution in [0.1, 0.15) is 16.1 Å². The number of carbonyl (C=O) groups is 2. The fourth-order valence-corrected chi connectivity index (χ4v) is 2.42. The van der Waals surface area contributed by atoms with E-state index in [1.165, 1.54) is 15.8 Å². The quantitative estimate of drug-likeness (QED) is 0.840. The lowest BCUT2D eigenvalue weighted by Gasteiger charge is -2.11. The van der Waals surface area contributed by atoms with Crippen LogP contribution >= 0.6 is 0 Å². The van der Waals surface area contributed by atoms with E-state index in [1.54, 1.807) is 14.1 Å². The van der Waals surface area contributed by atoms with Crippen LogP contribution in [0.3, 0.4) is 0 Å². The number of likely N-dealkylation sites (N-methyl/N-ethyl adjacent to an activating group) is 1. The van der Waals surface area contributed by atoms with Gasteiger partial charge in [-0.05, 0) is 11.6 Å². The molecule has 2 heterocycles. The van der Waals surface area contributed by atoms with Crippen LogP contribution in [0.15, 0.2) is 30.5 Å². The van der Waals surface area contributed by atoms with Gasteiger partial charge in [0.05, 0.1) is 12.7 Å². The van der Waals surface area contributed by atoms with Gasteiger partial charge in [-0.3, -0.25) is 9.59 Å². The lowest BCUT2D eigenvalue weighted by molar-refractivity contribution is -0.129. The number of benzene rings is 1. The van der Waals surface area contributed by atoms with Crippen LogP contribution in [0.25, 0.3) is 0 Å². The monoisotopic (exact) mass is 329 g/mol. The SMILES string of the molecule is CN(C)C(=O)Cn1cc(C(=O)NCC2Cc3ccccc3O2)nn1. The van der Waals surface area contributed by atoms with Crippen LogP contribution in [0.2, 0.25) is 0 Å². The Labute approximate surface area is 139 Å². The maximum absolute atomic E-state index is 12.1. The van der Waals surface area contributed by atoms with Crippen LogP contribution in [0.4, 0.5) is 0 Å². The summed E-state index contributed by atoms with van der Waals surface area (Å²) in [6.45, 7) is 0.436. The molecule has 0 saturated carbocycles. The van der Waals surface area contributed by atoms with Crippen molar-refractivity contribution in [2.24, 2.45) is 0 Å². The third kappa shape index (κ3) is 3.53. The highest BCUT2D eigenvalue weighted by atomic mass is 16.5. The molecule has 0 spiro atoms. The van der Waals surface area contributed by atoms with E-state index in [0.29, 0.717) is 6.54 Å². The van der Waals surface area contributed by atoms with Crippen molar-refractivity contribution in [1.82, 2.24) is 25.2 Å². The highest BCUT2D eigenvalue weighted by Crippen LogP contribution is 2.27. The summed E-state index contributed by atoms with van der Waals surface area (Å²) in [5, 5.41) is 10.4. The summed E-state index contributed by atoms with van der Waals surface area (Å²) in [6, 6.07) is 7.83. The first-order valence-electron chi connectivity index (χ1n) is 7.66. The van der Waals surface area contributed by atoms with E-state index in [-0.39, 0.29) is 30.2 Å². The van der Waals surface area contributed by atoms with Gasteiger partial charge in [0.1, 0.15) is 18.4 Å². The third-order valence-electron chi connectivity index (χ3n) is 3.77. The minimum Gasteiger partial charge on any atom is -0.488 e. The van der Waals surface area contributed by atoms with E-state index in [9.17, 15) is 9.59 Å². The Morgan fingerprint density at radius 2 is 2.17 bits per heavy atom. The van der Waals surface area contributed by atoms with E-state index in [2.05, 4.69) is 15.6 Å². The molecular formula is C16H19N5O3. The second-order valence-corrected chi connectivity index (χ2v) is 5.85. The molecule has 24 heavy (non-hydrogen) atoms. The first kappa shape index (κ1) is 16.0. The van der Waals surface area contributed by atoms with Gasteiger partial charge in [-0.25, -0.2) is 4.68 Å². The average molecular weight is 329 g/mol. The van der Waals surface area contributed by atoms with E-state index in [1.807, 2.05) is 24.3 Å². The van der Waals surface area contributed by atoms with E-state index < -0.39 is 0 Å². The Hall–Kier alpha value is -2.90. The maximum atomic E-state index is 12.1. The number of nitrogens with one attached hydrogen (secondary N) is 1. The maximum Gasteiger partial charge on any atom is 0.273 e. The molecule has 0 bridgehead atoms. The van der Waals surface area contributed by atoms with E-state index >= 15 is 0 Å². The summed E-state index contributed by atoms with van der Waals surface area (Å²) in [5.74, 6) is 0.409. The van der Waals surface area contributed by atoms with Gasteiger partial charge in [0, 0.05) is 20.5 Å². The summed E-state index contributed by atoms with van der Waals surface area (Å²) in [5.41, 5.74) is 1.32. The minimum atomic E-state index is -0.335. The van der Waals surface area contributed by atoms with E-state index in [0.717, 1.165) is 17.7 Å². The van der Waals surface area contributed by atoms with Gasteiger partial charge >= 0.3 is 0 Å². The fraction of sp³-hybridized carbons (Fsp3) is 0.375. The molecule has 0 fully saturated rings. The topological polar surface area (TPSA) is 89.4 Å². The largest absolute Gasteiger partial charge is 0.488 e. The Morgan fingerprint density at radius 3 is 2.92 bits per heavy atom. The first-order valence-corrected chi connectivity index (χ1v) is 7.66. The van der Waals surface area contributed by atoms with Crippen molar-refractivity contribution in [2.75, 3.05) is 20.6 Å². The molecule has 0 saturated heterocycles. The minimum absolute atomic E-state index is 0.0499. The molecule has 1 unspecified atom stereocenters. The number of para-hydroxylation sites is 1. The number of hydrogen-bond acceptors (Lipinski definition) is 5. The predicted molar refractivity (Wildman–Crippen MR) is 85.6 cm³/mol. The molecule has 2 aromatic rings. The zero-order chi connectivity index (χ0) is 17.1. The highest BCUT2D eigenvalue weighted by molar-refractivity contribution is 5.91. The summed E-state index contributed by atoms with van der Waals surface area (Å²) < 4.78 is 7.12. The normalized spacial score (nSPS) is 15.5. The smallest absolute Gasteiger partial charge is 0.273 e. The first-order chi connectivity index (χ1) is 11.5. The molecular weight excluding hydrogens is 310 g/mol. The van der Waals surface area contributed by atoms with Crippen LogP contribution in [0.5, 0.6) is 5.75 Å². The standard InChI is InChI=1S/C16H19N5O3/c1-20(2)15(22)10-21-9-13(18-19-21)16(23)17-8-12-7-11-5-3-4-6-14(11)24-12/h3-6,9,12H,7-8,10H2,1-2H3,(H,17,23). The molecule has 1 aromatic carbocycles. The van der Waals surface area contributed by atoms with Crippen LogP contribution < -0.4 is 10.1 Å². The third-order valence-corrected chi connectivity index (χ3v) is 3.77. The van der Waals surface area contributed by atoms with Crippen molar-refractivity contribution in [3.63, 3.8) is 0 Å². The molecule has 126 valence electrons. The molecule has 3 rings (SSSR count). The molecule has 1 N–H and O–H groups in total. The van der Waals surface area contributed by atoms with Crippen molar-refractivity contribution in [2.45, 2.75) is 19.1 Å². The molecule has 1 aliphatic heterocycles. The van der Waals surface area contributed by atoms with Gasteiger partial charge in [0.25, 0.3) is 5.91 Å². The number of aromatic nitrogens is 3. The second-order valence-electron chi connectivity index (χ2n) is 5.85. The molecule has 1 aromatic heterocycles. The number of fused-ring (bicyclic) bond motifs is 1. The molecule has 0 radical (unpaired) electrons. The van der Waals surface area contributed by atoms with Crippen molar-refractivity contribution in [1.29, 1.82) is 0 Å².